The number of benzene rings is 4. The average Bonchev–Trinajstić information content (AvgIpc) is 3.20. The van der Waals surface area contributed by atoms with Crippen LogP contribution in [0.3, 0.4) is 0 Å². The molecule has 0 fully saturated rings. The Morgan fingerprint density at radius 1 is 0.730 bits per heavy atom. The fourth-order valence-corrected chi connectivity index (χ4v) is 11.6. The maximum absolute atomic E-state index is 9.73. The van der Waals surface area contributed by atoms with Gasteiger partial charge in [-0.25, -0.2) is 4.85 Å². The maximum atomic E-state index is 9.73. The highest BCUT2D eigenvalue weighted by Crippen LogP contribution is 2.39. The van der Waals surface area contributed by atoms with Crippen molar-refractivity contribution in [2.45, 2.75) is 0 Å². The Morgan fingerprint density at radius 2 is 1.24 bits per heavy atom. The Labute approximate surface area is 219 Å². The van der Waals surface area contributed by atoms with Crippen LogP contribution in [-0.2, 0) is 0 Å². The van der Waals surface area contributed by atoms with Gasteiger partial charge in [0.1, 0.15) is 0 Å². The lowest BCUT2D eigenvalue weighted by Crippen LogP contribution is -2.75. The molecule has 2 aliphatic rings. The lowest BCUT2D eigenvalue weighted by Gasteiger charge is -2.43. The van der Waals surface area contributed by atoms with Crippen molar-refractivity contribution >= 4 is 57.3 Å². The minimum absolute atomic E-state index is 0.623. The van der Waals surface area contributed by atoms with Crippen LogP contribution in [0.2, 0.25) is 0 Å². The summed E-state index contributed by atoms with van der Waals surface area (Å²) >= 11 is 0. The van der Waals surface area contributed by atoms with E-state index in [4.69, 9.17) is 6.57 Å². The van der Waals surface area contributed by atoms with Gasteiger partial charge < -0.3 is 14.7 Å². The summed E-state index contributed by atoms with van der Waals surface area (Å²) in [5.41, 5.74) is 8.16. The minimum atomic E-state index is -2.72. The summed E-state index contributed by atoms with van der Waals surface area (Å²) in [5, 5.41) is 15.0. The van der Waals surface area contributed by atoms with Crippen LogP contribution in [0, 0.1) is 17.9 Å². The second-order valence-electron chi connectivity index (χ2n) is 10.2. The first-order chi connectivity index (χ1) is 17.8. The van der Waals surface area contributed by atoms with Gasteiger partial charge in [0.05, 0.1) is 18.2 Å². The third-order valence-corrected chi connectivity index (χ3v) is 12.9. The van der Waals surface area contributed by atoms with Crippen molar-refractivity contribution in [3.05, 3.63) is 89.8 Å². The first-order valence-electron chi connectivity index (χ1n) is 12.3. The summed E-state index contributed by atoms with van der Waals surface area (Å²) in [5.74, 6) is 0. The molecule has 0 bridgehead atoms. The molecule has 2 aliphatic heterocycles. The van der Waals surface area contributed by atoms with Crippen molar-refractivity contribution in [2.24, 2.45) is 0 Å². The standard InChI is InChI=1S/C31H27N5Si/c1-33-21-8-12-29-25(16-21)24-15-20(19-32)7-11-28(24)37(29)30-13-9-22(34(2)3)17-26(30)36(6)27-18-23(35(4)5)10-14-31(27)37/h7-18H,2-6H3. The summed E-state index contributed by atoms with van der Waals surface area (Å²) in [7, 11) is 7.74. The van der Waals surface area contributed by atoms with E-state index in [1.807, 2.05) is 24.3 Å². The number of anilines is 4. The van der Waals surface area contributed by atoms with Gasteiger partial charge in [-0.3, -0.25) is 0 Å². The Morgan fingerprint density at radius 3 is 1.76 bits per heavy atom. The van der Waals surface area contributed by atoms with Gasteiger partial charge in [-0.05, 0) is 74.3 Å². The molecule has 4 aromatic carbocycles. The molecule has 5 nitrogen and oxygen atoms in total. The molecule has 6 rings (SSSR count). The summed E-state index contributed by atoms with van der Waals surface area (Å²) in [6.45, 7) is 7.66. The van der Waals surface area contributed by atoms with E-state index in [-0.39, 0.29) is 0 Å². The first-order valence-corrected chi connectivity index (χ1v) is 14.3. The Kier molecular flexibility index (Phi) is 4.95. The van der Waals surface area contributed by atoms with Crippen LogP contribution in [0.15, 0.2) is 72.8 Å². The van der Waals surface area contributed by atoms with E-state index >= 15 is 0 Å². The van der Waals surface area contributed by atoms with Gasteiger partial charge in [-0.15, -0.1) is 0 Å². The number of hydrogen-bond donors (Lipinski definition) is 0. The Balaban J connectivity index is 1.80. The SMILES string of the molecule is [C-]#[N+]c1ccc2c(c1)-c1cc(C#N)ccc1[Si]21c2ccc(N(C)C)cc2N(C)c2cc(N(C)C)ccc21. The van der Waals surface area contributed by atoms with Crippen molar-refractivity contribution < 1.29 is 0 Å². The molecule has 6 heteroatoms. The topological polar surface area (TPSA) is 37.9 Å². The largest absolute Gasteiger partial charge is 0.378 e. The quantitative estimate of drug-likeness (QED) is 0.276. The molecule has 37 heavy (non-hydrogen) atoms. The molecule has 0 atom stereocenters. The van der Waals surface area contributed by atoms with E-state index < -0.39 is 8.07 Å². The summed E-state index contributed by atoms with van der Waals surface area (Å²) < 4.78 is 0. The van der Waals surface area contributed by atoms with Crippen LogP contribution >= 0.6 is 0 Å². The first kappa shape index (κ1) is 22.9. The highest BCUT2D eigenvalue weighted by Gasteiger charge is 2.53. The molecule has 180 valence electrons. The minimum Gasteiger partial charge on any atom is -0.378 e. The van der Waals surface area contributed by atoms with E-state index in [1.54, 1.807) is 0 Å². The molecular formula is C31H27N5Si. The zero-order chi connectivity index (χ0) is 26.1. The van der Waals surface area contributed by atoms with Gasteiger partial charge in [-0.1, -0.05) is 30.3 Å². The predicted octanol–water partition coefficient (Wildman–Crippen LogP) is 3.68. The van der Waals surface area contributed by atoms with Crippen molar-refractivity contribution in [1.29, 1.82) is 5.26 Å². The molecule has 0 amide bonds. The van der Waals surface area contributed by atoms with Crippen molar-refractivity contribution in [3.8, 4) is 17.2 Å². The third-order valence-electron chi connectivity index (χ3n) is 7.91. The number of nitriles is 1. The average molecular weight is 498 g/mol. The third kappa shape index (κ3) is 3.00. The van der Waals surface area contributed by atoms with Gasteiger partial charge in [0.15, 0.2) is 13.8 Å². The van der Waals surface area contributed by atoms with Crippen molar-refractivity contribution in [3.63, 3.8) is 0 Å². The second kappa shape index (κ2) is 7.99. The van der Waals surface area contributed by atoms with Gasteiger partial charge in [0, 0.05) is 58.0 Å². The van der Waals surface area contributed by atoms with Crippen LogP contribution in [0.25, 0.3) is 16.0 Å². The van der Waals surface area contributed by atoms with Gasteiger partial charge in [-0.2, -0.15) is 5.26 Å². The van der Waals surface area contributed by atoms with Crippen LogP contribution < -0.4 is 35.4 Å². The van der Waals surface area contributed by atoms with Crippen LogP contribution in [0.1, 0.15) is 5.56 Å². The molecule has 0 aromatic heterocycles. The molecule has 2 heterocycles. The lowest BCUT2D eigenvalue weighted by molar-refractivity contribution is 1.12. The zero-order valence-corrected chi connectivity index (χ0v) is 22.7. The van der Waals surface area contributed by atoms with Crippen LogP contribution in [0.4, 0.5) is 28.4 Å². The molecular weight excluding hydrogens is 470 g/mol. The smallest absolute Gasteiger partial charge is 0.187 e. The normalized spacial score (nSPS) is 13.6. The van der Waals surface area contributed by atoms with Crippen molar-refractivity contribution in [2.75, 3.05) is 49.9 Å². The number of nitrogens with zero attached hydrogens (tertiary/aromatic N) is 5. The molecule has 0 saturated heterocycles. The molecule has 0 aliphatic carbocycles. The number of rotatable bonds is 2. The van der Waals surface area contributed by atoms with E-state index in [2.05, 4.69) is 109 Å². The highest BCUT2D eigenvalue weighted by molar-refractivity contribution is 7.23. The van der Waals surface area contributed by atoms with Crippen LogP contribution in [-0.4, -0.2) is 43.3 Å². The predicted molar refractivity (Wildman–Crippen MR) is 157 cm³/mol. The van der Waals surface area contributed by atoms with E-state index in [9.17, 15) is 5.26 Å². The van der Waals surface area contributed by atoms with Gasteiger partial charge >= 0.3 is 0 Å². The molecule has 0 saturated carbocycles. The molecule has 0 unspecified atom stereocenters. The second-order valence-corrected chi connectivity index (χ2v) is 13.9. The van der Waals surface area contributed by atoms with E-state index in [0.717, 1.165) is 22.5 Å². The van der Waals surface area contributed by atoms with Gasteiger partial charge in [0.25, 0.3) is 0 Å². The fraction of sp³-hybridized carbons (Fsp3) is 0.161. The molecule has 4 aromatic rings. The van der Waals surface area contributed by atoms with Crippen molar-refractivity contribution in [1.82, 2.24) is 0 Å². The fourth-order valence-electron chi connectivity index (χ4n) is 6.10. The van der Waals surface area contributed by atoms with E-state index in [1.165, 1.54) is 32.1 Å². The Bertz CT molecular complexity index is 1560. The summed E-state index contributed by atoms with van der Waals surface area (Å²) in [4.78, 5) is 10.4. The van der Waals surface area contributed by atoms with Crippen LogP contribution in [0.5, 0.6) is 0 Å². The van der Waals surface area contributed by atoms with Gasteiger partial charge in [0.2, 0.25) is 0 Å². The molecule has 1 spiro atoms. The summed E-state index contributed by atoms with van der Waals surface area (Å²) in [6.07, 6.45) is 0. The molecule has 0 N–H and O–H groups in total. The van der Waals surface area contributed by atoms with E-state index in [0.29, 0.717) is 11.3 Å². The monoisotopic (exact) mass is 497 g/mol. The number of hydrogen-bond acceptors (Lipinski definition) is 4. The zero-order valence-electron chi connectivity index (χ0n) is 21.7. The number of fused-ring (bicyclic) bond motifs is 9. The molecule has 0 radical (unpaired) electrons. The summed E-state index contributed by atoms with van der Waals surface area (Å²) in [6, 6.07) is 28.3. The Hall–Kier alpha value is -4.52. The maximum Gasteiger partial charge on any atom is 0.187 e. The lowest BCUT2D eigenvalue weighted by atomic mass is 10.0. The highest BCUT2D eigenvalue weighted by atomic mass is 28.3.